The van der Waals surface area contributed by atoms with Gasteiger partial charge in [0.25, 0.3) is 0 Å². The molecule has 3 aromatic carbocycles. The number of carbonyl (C=O) groups excluding carboxylic acids is 2. The minimum atomic E-state index is -1.23. The number of carbonyl (C=O) groups is 2. The van der Waals surface area contributed by atoms with Gasteiger partial charge in [0, 0.05) is 17.7 Å². The van der Waals surface area contributed by atoms with Crippen LogP contribution in [0.2, 0.25) is 0 Å². The standard InChI is InChI=1S/C29H30FN5O4/c1-38-20-15-16-21(26(17-20)39-2)28(29(37)31-19-9-3-4-10-19)35(24-13-7-5-11-22(24)30)27(36)18-34-25-14-8-6-12-23(25)32-33-34/h5-8,11-17,19,28H,3-4,9-10,18H2,1-2H3,(H,31,37). The molecule has 1 aliphatic rings. The van der Waals surface area contributed by atoms with E-state index >= 15 is 4.39 Å². The fourth-order valence-electron chi connectivity index (χ4n) is 5.10. The lowest BCUT2D eigenvalue weighted by Crippen LogP contribution is -2.47. The zero-order valence-electron chi connectivity index (χ0n) is 21.8. The van der Waals surface area contributed by atoms with Crippen LogP contribution >= 0.6 is 0 Å². The van der Waals surface area contributed by atoms with E-state index < -0.39 is 23.7 Å². The Morgan fingerprint density at radius 3 is 2.54 bits per heavy atom. The molecule has 5 rings (SSSR count). The van der Waals surface area contributed by atoms with E-state index in [9.17, 15) is 9.59 Å². The fraction of sp³-hybridized carbons (Fsp3) is 0.310. The first kappa shape index (κ1) is 26.1. The molecule has 1 aliphatic carbocycles. The Bertz CT molecular complexity index is 1480. The van der Waals surface area contributed by atoms with E-state index in [0.29, 0.717) is 28.1 Å². The van der Waals surface area contributed by atoms with Crippen LogP contribution < -0.4 is 19.7 Å². The highest BCUT2D eigenvalue weighted by molar-refractivity contribution is 6.02. The largest absolute Gasteiger partial charge is 0.497 e. The second-order valence-electron chi connectivity index (χ2n) is 9.45. The van der Waals surface area contributed by atoms with E-state index in [-0.39, 0.29) is 18.3 Å². The van der Waals surface area contributed by atoms with Crippen molar-refractivity contribution >= 4 is 28.5 Å². The molecule has 0 aliphatic heterocycles. The van der Waals surface area contributed by atoms with Gasteiger partial charge in [-0.25, -0.2) is 9.07 Å². The Labute approximate surface area is 225 Å². The first-order chi connectivity index (χ1) is 19.0. The summed E-state index contributed by atoms with van der Waals surface area (Å²) in [6, 6.07) is 16.9. The van der Waals surface area contributed by atoms with Gasteiger partial charge in [0.2, 0.25) is 11.8 Å². The zero-order chi connectivity index (χ0) is 27.4. The molecule has 1 saturated carbocycles. The van der Waals surface area contributed by atoms with Crippen LogP contribution in [0.3, 0.4) is 0 Å². The summed E-state index contributed by atoms with van der Waals surface area (Å²) in [5.41, 5.74) is 1.63. The van der Waals surface area contributed by atoms with Gasteiger partial charge >= 0.3 is 0 Å². The number of benzene rings is 3. The number of anilines is 1. The van der Waals surface area contributed by atoms with Crippen molar-refractivity contribution in [3.8, 4) is 11.5 Å². The van der Waals surface area contributed by atoms with Crippen molar-refractivity contribution in [1.82, 2.24) is 20.3 Å². The average molecular weight is 532 g/mol. The molecule has 1 fully saturated rings. The molecule has 202 valence electrons. The lowest BCUT2D eigenvalue weighted by atomic mass is 10.0. The van der Waals surface area contributed by atoms with Crippen LogP contribution in [-0.2, 0) is 16.1 Å². The van der Waals surface area contributed by atoms with Crippen LogP contribution in [0.15, 0.2) is 66.7 Å². The average Bonchev–Trinajstić information content (AvgIpc) is 3.62. The van der Waals surface area contributed by atoms with Gasteiger partial charge in [0.1, 0.15) is 35.4 Å². The highest BCUT2D eigenvalue weighted by atomic mass is 19.1. The maximum atomic E-state index is 15.4. The van der Waals surface area contributed by atoms with Crippen LogP contribution in [0, 0.1) is 5.82 Å². The van der Waals surface area contributed by atoms with Crippen LogP contribution in [0.1, 0.15) is 37.3 Å². The molecule has 1 aromatic heterocycles. The first-order valence-corrected chi connectivity index (χ1v) is 12.9. The van der Waals surface area contributed by atoms with E-state index in [1.165, 1.54) is 42.0 Å². The summed E-state index contributed by atoms with van der Waals surface area (Å²) in [6.07, 6.45) is 3.71. The molecule has 1 atom stereocenters. The summed E-state index contributed by atoms with van der Waals surface area (Å²) >= 11 is 0. The summed E-state index contributed by atoms with van der Waals surface area (Å²) in [7, 11) is 3.00. The van der Waals surface area contributed by atoms with E-state index in [1.54, 1.807) is 36.4 Å². The quantitative estimate of drug-likeness (QED) is 0.343. The Balaban J connectivity index is 1.63. The molecule has 1 unspecified atom stereocenters. The molecule has 0 saturated heterocycles. The number of fused-ring (bicyclic) bond motifs is 1. The van der Waals surface area contributed by atoms with E-state index in [4.69, 9.17) is 9.47 Å². The number of nitrogens with one attached hydrogen (secondary N) is 1. The number of nitrogens with zero attached hydrogens (tertiary/aromatic N) is 4. The Kier molecular flexibility index (Phi) is 7.72. The number of amides is 2. The number of rotatable bonds is 9. The zero-order valence-corrected chi connectivity index (χ0v) is 21.8. The van der Waals surface area contributed by atoms with Gasteiger partial charge < -0.3 is 14.8 Å². The monoisotopic (exact) mass is 531 g/mol. The van der Waals surface area contributed by atoms with Gasteiger partial charge in [-0.3, -0.25) is 14.5 Å². The van der Waals surface area contributed by atoms with Crippen molar-refractivity contribution in [2.75, 3.05) is 19.1 Å². The lowest BCUT2D eigenvalue weighted by Gasteiger charge is -2.33. The second-order valence-corrected chi connectivity index (χ2v) is 9.45. The van der Waals surface area contributed by atoms with Crippen molar-refractivity contribution in [3.05, 3.63) is 78.1 Å². The molecule has 10 heteroatoms. The van der Waals surface area contributed by atoms with E-state index in [2.05, 4.69) is 15.6 Å². The molecule has 9 nitrogen and oxygen atoms in total. The van der Waals surface area contributed by atoms with Crippen molar-refractivity contribution < 1.29 is 23.5 Å². The Morgan fingerprint density at radius 2 is 1.79 bits per heavy atom. The van der Waals surface area contributed by atoms with Crippen LogP contribution in [0.25, 0.3) is 11.0 Å². The van der Waals surface area contributed by atoms with Crippen molar-refractivity contribution in [2.45, 2.75) is 44.3 Å². The molecule has 39 heavy (non-hydrogen) atoms. The van der Waals surface area contributed by atoms with Crippen LogP contribution in [0.5, 0.6) is 11.5 Å². The predicted octanol–water partition coefficient (Wildman–Crippen LogP) is 4.42. The summed E-state index contributed by atoms with van der Waals surface area (Å²) in [5.74, 6) is -0.754. The number of hydrogen-bond acceptors (Lipinski definition) is 6. The smallest absolute Gasteiger partial charge is 0.249 e. The van der Waals surface area contributed by atoms with Crippen LogP contribution in [-0.4, -0.2) is 47.1 Å². The number of ether oxygens (including phenoxy) is 2. The molecule has 0 bridgehead atoms. The number of aromatic nitrogens is 3. The molecule has 0 spiro atoms. The molecule has 1 N–H and O–H groups in total. The number of hydrogen-bond donors (Lipinski definition) is 1. The summed E-state index contributed by atoms with van der Waals surface area (Å²) in [5, 5.41) is 11.4. The lowest BCUT2D eigenvalue weighted by molar-refractivity contribution is -0.127. The van der Waals surface area contributed by atoms with Gasteiger partial charge in [0.05, 0.1) is 25.4 Å². The third-order valence-corrected chi connectivity index (χ3v) is 7.03. The van der Waals surface area contributed by atoms with Crippen molar-refractivity contribution in [2.24, 2.45) is 0 Å². The van der Waals surface area contributed by atoms with Gasteiger partial charge in [-0.2, -0.15) is 0 Å². The predicted molar refractivity (Wildman–Crippen MR) is 144 cm³/mol. The number of halogens is 1. The van der Waals surface area contributed by atoms with Gasteiger partial charge in [0.15, 0.2) is 0 Å². The van der Waals surface area contributed by atoms with E-state index in [1.807, 2.05) is 12.1 Å². The molecule has 1 heterocycles. The minimum Gasteiger partial charge on any atom is -0.497 e. The van der Waals surface area contributed by atoms with Crippen LogP contribution in [0.4, 0.5) is 10.1 Å². The SMILES string of the molecule is COc1ccc(C(C(=O)NC2CCCC2)N(C(=O)Cn2nnc3ccccc32)c2ccccc2F)c(OC)c1. The van der Waals surface area contributed by atoms with Gasteiger partial charge in [-0.05, 0) is 49.2 Å². The summed E-state index contributed by atoms with van der Waals surface area (Å²) in [4.78, 5) is 29.3. The fourth-order valence-corrected chi connectivity index (χ4v) is 5.10. The molecule has 4 aromatic rings. The molecular formula is C29H30FN5O4. The second kappa shape index (κ2) is 11.5. The molecule has 2 amide bonds. The molecule has 0 radical (unpaired) electrons. The van der Waals surface area contributed by atoms with E-state index in [0.717, 1.165) is 25.7 Å². The Hall–Kier alpha value is -4.47. The molecular weight excluding hydrogens is 501 g/mol. The summed E-state index contributed by atoms with van der Waals surface area (Å²) < 4.78 is 27.8. The Morgan fingerprint density at radius 1 is 1.05 bits per heavy atom. The topological polar surface area (TPSA) is 98.6 Å². The highest BCUT2D eigenvalue weighted by Gasteiger charge is 2.37. The number of methoxy groups -OCH3 is 2. The summed E-state index contributed by atoms with van der Waals surface area (Å²) in [6.45, 7) is -0.263. The maximum Gasteiger partial charge on any atom is 0.249 e. The highest BCUT2D eigenvalue weighted by Crippen LogP contribution is 2.37. The third kappa shape index (κ3) is 5.41. The third-order valence-electron chi connectivity index (χ3n) is 7.03. The minimum absolute atomic E-state index is 0.0268. The maximum absolute atomic E-state index is 15.4. The van der Waals surface area contributed by atoms with Gasteiger partial charge in [-0.1, -0.05) is 42.3 Å². The van der Waals surface area contributed by atoms with Crippen molar-refractivity contribution in [3.63, 3.8) is 0 Å². The van der Waals surface area contributed by atoms with Gasteiger partial charge in [-0.15, -0.1) is 5.10 Å². The van der Waals surface area contributed by atoms with Crippen molar-refractivity contribution in [1.29, 1.82) is 0 Å². The first-order valence-electron chi connectivity index (χ1n) is 12.9. The number of para-hydroxylation sites is 2. The normalized spacial score (nSPS) is 14.2.